The lowest BCUT2D eigenvalue weighted by molar-refractivity contribution is 0.102. The normalized spacial score (nSPS) is 11.5. The van der Waals surface area contributed by atoms with Crippen molar-refractivity contribution >= 4 is 43.0 Å². The Morgan fingerprint density at radius 3 is 2.10 bits per heavy atom. The largest absolute Gasteiger partial charge is 0.497 e. The van der Waals surface area contributed by atoms with E-state index in [1.54, 1.807) is 19.1 Å². The maximum absolute atomic E-state index is 13.6. The maximum atomic E-state index is 13.6. The zero-order valence-electron chi connectivity index (χ0n) is 21.1. The third kappa shape index (κ3) is 6.38. The van der Waals surface area contributed by atoms with Gasteiger partial charge in [0.15, 0.2) is 11.6 Å². The number of ether oxygens (including phenoxy) is 1. The molecule has 0 bridgehead atoms. The molecule has 0 aliphatic carbocycles. The highest BCUT2D eigenvalue weighted by molar-refractivity contribution is 7.93. The Labute approximate surface area is 229 Å². The van der Waals surface area contributed by atoms with Crippen molar-refractivity contribution in [2.45, 2.75) is 16.7 Å². The van der Waals surface area contributed by atoms with Crippen LogP contribution >= 0.6 is 0 Å². The van der Waals surface area contributed by atoms with Gasteiger partial charge in [0.2, 0.25) is 0 Å². The quantitative estimate of drug-likeness (QED) is 0.249. The lowest BCUT2D eigenvalue weighted by Crippen LogP contribution is -2.19. The molecule has 0 unspecified atom stereocenters. The Morgan fingerprint density at radius 1 is 0.750 bits per heavy atom. The van der Waals surface area contributed by atoms with Crippen molar-refractivity contribution in [3.8, 4) is 5.75 Å². The molecule has 0 aliphatic heterocycles. The Morgan fingerprint density at radius 2 is 1.43 bits per heavy atom. The molecule has 4 aromatic carbocycles. The van der Waals surface area contributed by atoms with Crippen LogP contribution in [0.2, 0.25) is 0 Å². The standard InChI is InChI=1S/C27H23F2N3O6S2/c1-17-7-8-19(15-26(17)40(36,37)31-18-9-11-20(38-2)12-10-18)30-27(33)22-5-3-4-6-25(22)32-39(34,35)21-13-14-23(28)24(29)16-21/h3-16,31-32H,1-2H3,(H,30,33). The zero-order chi connectivity index (χ0) is 29.1. The van der Waals surface area contributed by atoms with Crippen LogP contribution in [0.15, 0.2) is 94.7 Å². The van der Waals surface area contributed by atoms with Gasteiger partial charge in [0.05, 0.1) is 28.2 Å². The second kappa shape index (κ2) is 11.3. The summed E-state index contributed by atoms with van der Waals surface area (Å²) in [6.45, 7) is 1.59. The van der Waals surface area contributed by atoms with Gasteiger partial charge in [-0.25, -0.2) is 25.6 Å². The molecule has 0 heterocycles. The summed E-state index contributed by atoms with van der Waals surface area (Å²) in [7, 11) is -6.94. The molecule has 0 aliphatic rings. The minimum absolute atomic E-state index is 0.0894. The number of halogens is 2. The summed E-state index contributed by atoms with van der Waals surface area (Å²) in [5.41, 5.74) is 0.611. The van der Waals surface area contributed by atoms with Crippen LogP contribution in [-0.4, -0.2) is 29.9 Å². The highest BCUT2D eigenvalue weighted by Crippen LogP contribution is 2.26. The van der Waals surface area contributed by atoms with E-state index < -0.39 is 42.5 Å². The summed E-state index contributed by atoms with van der Waals surface area (Å²) in [4.78, 5) is 12.5. The molecule has 4 aromatic rings. The van der Waals surface area contributed by atoms with Crippen LogP contribution in [0.5, 0.6) is 5.75 Å². The van der Waals surface area contributed by atoms with E-state index in [2.05, 4.69) is 14.8 Å². The molecule has 0 fully saturated rings. The van der Waals surface area contributed by atoms with E-state index in [0.29, 0.717) is 29.1 Å². The molecule has 9 nitrogen and oxygen atoms in total. The fraction of sp³-hybridized carbons (Fsp3) is 0.0741. The minimum Gasteiger partial charge on any atom is -0.497 e. The average Bonchev–Trinajstić information content (AvgIpc) is 2.91. The molecular weight excluding hydrogens is 564 g/mol. The SMILES string of the molecule is COc1ccc(NS(=O)(=O)c2cc(NC(=O)c3ccccc3NS(=O)(=O)c3ccc(F)c(F)c3)ccc2C)cc1. The van der Waals surface area contributed by atoms with Crippen LogP contribution in [0.3, 0.4) is 0 Å². The van der Waals surface area contributed by atoms with Crippen molar-refractivity contribution in [3.63, 3.8) is 0 Å². The fourth-order valence-corrected chi connectivity index (χ4v) is 6.07. The first-order valence-corrected chi connectivity index (χ1v) is 14.5. The van der Waals surface area contributed by atoms with E-state index in [-0.39, 0.29) is 21.8 Å². The third-order valence-corrected chi connectivity index (χ3v) is 8.58. The van der Waals surface area contributed by atoms with E-state index in [9.17, 15) is 30.4 Å². The molecule has 3 N–H and O–H groups in total. The number of benzene rings is 4. The summed E-state index contributed by atoms with van der Waals surface area (Å²) in [5, 5.41) is 2.57. The van der Waals surface area contributed by atoms with Gasteiger partial charge in [0.25, 0.3) is 26.0 Å². The molecule has 0 radical (unpaired) electrons. The smallest absolute Gasteiger partial charge is 0.262 e. The molecule has 40 heavy (non-hydrogen) atoms. The van der Waals surface area contributed by atoms with Crippen molar-refractivity contribution in [1.82, 2.24) is 0 Å². The van der Waals surface area contributed by atoms with Gasteiger partial charge in [0, 0.05) is 11.4 Å². The van der Waals surface area contributed by atoms with Crippen LogP contribution < -0.4 is 19.5 Å². The molecule has 1 amide bonds. The van der Waals surface area contributed by atoms with Gasteiger partial charge >= 0.3 is 0 Å². The molecule has 0 aromatic heterocycles. The van der Waals surface area contributed by atoms with Crippen LogP contribution in [0.25, 0.3) is 0 Å². The lowest BCUT2D eigenvalue weighted by Gasteiger charge is -2.15. The maximum Gasteiger partial charge on any atom is 0.262 e. The second-order valence-electron chi connectivity index (χ2n) is 8.50. The first-order chi connectivity index (χ1) is 18.9. The molecule has 13 heteroatoms. The van der Waals surface area contributed by atoms with Gasteiger partial charge < -0.3 is 10.1 Å². The number of rotatable bonds is 9. The van der Waals surface area contributed by atoms with E-state index in [1.807, 2.05) is 0 Å². The Kier molecular flexibility index (Phi) is 8.07. The third-order valence-electron chi connectivity index (χ3n) is 5.70. The molecule has 0 atom stereocenters. The van der Waals surface area contributed by atoms with E-state index >= 15 is 0 Å². The topological polar surface area (TPSA) is 131 Å². The van der Waals surface area contributed by atoms with Crippen LogP contribution in [0.4, 0.5) is 25.8 Å². The minimum atomic E-state index is -4.38. The number of carbonyl (C=O) groups is 1. The van der Waals surface area contributed by atoms with Crippen molar-refractivity contribution < 1.29 is 35.1 Å². The lowest BCUT2D eigenvalue weighted by atomic mass is 10.1. The number of aryl methyl sites for hydroxylation is 1. The summed E-state index contributed by atoms with van der Waals surface area (Å²) in [6.07, 6.45) is 0. The Balaban J connectivity index is 1.57. The molecular formula is C27H23F2N3O6S2. The molecule has 4 rings (SSSR count). The predicted molar refractivity (Wildman–Crippen MR) is 147 cm³/mol. The number of carbonyl (C=O) groups excluding carboxylic acids is 1. The predicted octanol–water partition coefficient (Wildman–Crippen LogP) is 5.14. The average molecular weight is 588 g/mol. The van der Waals surface area contributed by atoms with Crippen molar-refractivity contribution in [1.29, 1.82) is 0 Å². The first kappa shape index (κ1) is 28.5. The fourth-order valence-electron chi connectivity index (χ4n) is 3.65. The number of hydrogen-bond acceptors (Lipinski definition) is 6. The number of nitrogens with one attached hydrogen (secondary N) is 3. The highest BCUT2D eigenvalue weighted by atomic mass is 32.2. The Hall–Kier alpha value is -4.49. The van der Waals surface area contributed by atoms with Gasteiger partial charge in [-0.15, -0.1) is 0 Å². The van der Waals surface area contributed by atoms with Crippen LogP contribution in [-0.2, 0) is 20.0 Å². The van der Waals surface area contributed by atoms with E-state index in [1.165, 1.54) is 61.7 Å². The van der Waals surface area contributed by atoms with E-state index in [0.717, 1.165) is 6.07 Å². The molecule has 0 spiro atoms. The first-order valence-electron chi connectivity index (χ1n) is 11.6. The van der Waals surface area contributed by atoms with Crippen molar-refractivity contribution in [2.75, 3.05) is 21.9 Å². The van der Waals surface area contributed by atoms with Crippen LogP contribution in [0.1, 0.15) is 15.9 Å². The zero-order valence-corrected chi connectivity index (χ0v) is 22.7. The van der Waals surface area contributed by atoms with Crippen LogP contribution in [0, 0.1) is 18.6 Å². The number of amides is 1. The monoisotopic (exact) mass is 587 g/mol. The summed E-state index contributed by atoms with van der Waals surface area (Å²) in [5.74, 6) is -2.76. The van der Waals surface area contributed by atoms with Gasteiger partial charge in [0.1, 0.15) is 5.75 Å². The summed E-state index contributed by atoms with van der Waals surface area (Å²) in [6, 6.07) is 18.3. The van der Waals surface area contributed by atoms with Gasteiger partial charge in [-0.1, -0.05) is 18.2 Å². The van der Waals surface area contributed by atoms with E-state index in [4.69, 9.17) is 4.74 Å². The van der Waals surface area contributed by atoms with Crippen molar-refractivity contribution in [3.05, 3.63) is 108 Å². The number of hydrogen-bond donors (Lipinski definition) is 3. The number of methoxy groups -OCH3 is 1. The highest BCUT2D eigenvalue weighted by Gasteiger charge is 2.22. The van der Waals surface area contributed by atoms with Gasteiger partial charge in [-0.05, 0) is 79.2 Å². The second-order valence-corrected chi connectivity index (χ2v) is 11.8. The molecule has 0 saturated heterocycles. The summed E-state index contributed by atoms with van der Waals surface area (Å²) < 4.78 is 88.3. The van der Waals surface area contributed by atoms with Gasteiger partial charge in [-0.3, -0.25) is 14.2 Å². The number of anilines is 3. The summed E-state index contributed by atoms with van der Waals surface area (Å²) >= 11 is 0. The number of sulfonamides is 2. The number of para-hydroxylation sites is 1. The molecule has 208 valence electrons. The Bertz CT molecular complexity index is 1800. The van der Waals surface area contributed by atoms with Gasteiger partial charge in [-0.2, -0.15) is 0 Å². The molecule has 0 saturated carbocycles. The van der Waals surface area contributed by atoms with Crippen molar-refractivity contribution in [2.24, 2.45) is 0 Å².